The summed E-state index contributed by atoms with van der Waals surface area (Å²) >= 11 is 0. The molecule has 26 heavy (non-hydrogen) atoms. The second kappa shape index (κ2) is 8.92. The summed E-state index contributed by atoms with van der Waals surface area (Å²) in [5.41, 5.74) is 0.132. The van der Waals surface area contributed by atoms with Crippen LogP contribution in [0.3, 0.4) is 0 Å². The van der Waals surface area contributed by atoms with Gasteiger partial charge in [-0.25, -0.2) is 9.59 Å². The highest BCUT2D eigenvalue weighted by molar-refractivity contribution is 5.80. The van der Waals surface area contributed by atoms with Crippen LogP contribution in [0.5, 0.6) is 5.75 Å². The predicted octanol–water partition coefficient (Wildman–Crippen LogP) is 3.78. The van der Waals surface area contributed by atoms with Crippen LogP contribution in [0.2, 0.25) is 0 Å². The molecule has 2 rings (SSSR count). The van der Waals surface area contributed by atoms with Crippen LogP contribution in [0.4, 0.5) is 4.79 Å². The van der Waals surface area contributed by atoms with Gasteiger partial charge in [-0.05, 0) is 57.2 Å². The number of carboxylic acid groups (broad SMARTS) is 1. The maximum Gasteiger partial charge on any atom is 0.408 e. The van der Waals surface area contributed by atoms with E-state index in [1.807, 2.05) is 24.3 Å². The van der Waals surface area contributed by atoms with Crippen molar-refractivity contribution < 1.29 is 24.2 Å². The summed E-state index contributed by atoms with van der Waals surface area (Å²) in [6, 6.07) is 6.30. The van der Waals surface area contributed by atoms with E-state index in [-0.39, 0.29) is 6.42 Å². The summed E-state index contributed by atoms with van der Waals surface area (Å²) in [5.74, 6) is 0.328. The first-order chi connectivity index (χ1) is 12.2. The molecule has 1 fully saturated rings. The first kappa shape index (κ1) is 20.1. The zero-order chi connectivity index (χ0) is 19.2. The molecule has 0 aromatic heterocycles. The van der Waals surface area contributed by atoms with E-state index in [9.17, 15) is 14.7 Å². The molecular formula is C20H29NO5. The number of alkyl carbamates (subject to hydrolysis) is 1. The Balaban J connectivity index is 1.87. The molecular weight excluding hydrogens is 334 g/mol. The van der Waals surface area contributed by atoms with Gasteiger partial charge >= 0.3 is 12.1 Å². The number of nitrogens with one attached hydrogen (secondary N) is 1. The third kappa shape index (κ3) is 6.94. The van der Waals surface area contributed by atoms with Gasteiger partial charge in [0.1, 0.15) is 17.4 Å². The molecule has 1 saturated carbocycles. The molecule has 0 bridgehead atoms. The van der Waals surface area contributed by atoms with Crippen molar-refractivity contribution in [1.82, 2.24) is 5.32 Å². The lowest BCUT2D eigenvalue weighted by molar-refractivity contribution is -0.139. The van der Waals surface area contributed by atoms with Gasteiger partial charge in [0, 0.05) is 6.42 Å². The molecule has 1 aliphatic rings. The molecule has 0 saturated heterocycles. The first-order valence-electron chi connectivity index (χ1n) is 9.17. The molecule has 1 atom stereocenters. The zero-order valence-corrected chi connectivity index (χ0v) is 15.8. The number of carboxylic acids is 1. The number of aliphatic carboxylic acids is 1. The molecule has 0 spiro atoms. The Hall–Kier alpha value is -2.24. The number of hydrogen-bond donors (Lipinski definition) is 2. The van der Waals surface area contributed by atoms with Gasteiger partial charge in [-0.1, -0.05) is 25.0 Å². The van der Waals surface area contributed by atoms with E-state index in [4.69, 9.17) is 9.47 Å². The number of benzene rings is 1. The molecule has 1 aromatic rings. The molecule has 0 heterocycles. The number of carbonyl (C=O) groups is 2. The van der Waals surface area contributed by atoms with Crippen molar-refractivity contribution >= 4 is 12.1 Å². The van der Waals surface area contributed by atoms with E-state index in [1.54, 1.807) is 20.8 Å². The monoisotopic (exact) mass is 363 g/mol. The lowest BCUT2D eigenvalue weighted by Crippen LogP contribution is -2.44. The number of amides is 1. The Morgan fingerprint density at radius 2 is 1.81 bits per heavy atom. The van der Waals surface area contributed by atoms with E-state index in [1.165, 1.54) is 25.7 Å². The molecule has 6 heteroatoms. The van der Waals surface area contributed by atoms with Gasteiger partial charge < -0.3 is 19.9 Å². The summed E-state index contributed by atoms with van der Waals surface area (Å²) in [5, 5.41) is 11.8. The summed E-state index contributed by atoms with van der Waals surface area (Å²) < 4.78 is 10.9. The average Bonchev–Trinajstić information content (AvgIpc) is 3.05. The highest BCUT2D eigenvalue weighted by atomic mass is 16.6. The maximum absolute atomic E-state index is 11.8. The molecule has 0 aliphatic heterocycles. The first-order valence-corrected chi connectivity index (χ1v) is 9.17. The highest BCUT2D eigenvalue weighted by Crippen LogP contribution is 2.25. The molecule has 1 aliphatic carbocycles. The van der Waals surface area contributed by atoms with Crippen LogP contribution in [0.1, 0.15) is 52.0 Å². The molecule has 144 valence electrons. The predicted molar refractivity (Wildman–Crippen MR) is 98.4 cm³/mol. The Kier molecular flexibility index (Phi) is 6.89. The van der Waals surface area contributed by atoms with Gasteiger partial charge in [0.25, 0.3) is 0 Å². The molecule has 0 radical (unpaired) electrons. The van der Waals surface area contributed by atoms with Crippen LogP contribution >= 0.6 is 0 Å². The quantitative estimate of drug-likeness (QED) is 0.770. The largest absolute Gasteiger partial charge is 0.493 e. The standard InChI is InChI=1S/C20H29NO5/c1-20(2,3)26-19(24)21-17(18(22)23)12-14-8-10-16(11-9-14)25-13-15-6-4-5-7-15/h8-11,15,17H,4-7,12-13H2,1-3H3,(H,21,24)(H,22,23). The number of hydrogen-bond acceptors (Lipinski definition) is 4. The Morgan fingerprint density at radius 3 is 2.35 bits per heavy atom. The van der Waals surface area contributed by atoms with Crippen molar-refractivity contribution in [2.45, 2.75) is 64.5 Å². The van der Waals surface area contributed by atoms with Crippen LogP contribution in [-0.2, 0) is 16.0 Å². The Bertz CT molecular complexity index is 600. The summed E-state index contributed by atoms with van der Waals surface area (Å²) in [6.07, 6.45) is 4.48. The average molecular weight is 363 g/mol. The molecule has 1 unspecified atom stereocenters. The fourth-order valence-electron chi connectivity index (χ4n) is 3.00. The van der Waals surface area contributed by atoms with Gasteiger partial charge in [0.15, 0.2) is 0 Å². The van der Waals surface area contributed by atoms with Gasteiger partial charge in [-0.2, -0.15) is 0 Å². The van der Waals surface area contributed by atoms with Crippen molar-refractivity contribution in [3.05, 3.63) is 29.8 Å². The van der Waals surface area contributed by atoms with Crippen molar-refractivity contribution in [2.24, 2.45) is 5.92 Å². The number of carbonyl (C=O) groups excluding carboxylic acids is 1. The minimum Gasteiger partial charge on any atom is -0.493 e. The smallest absolute Gasteiger partial charge is 0.408 e. The molecule has 1 amide bonds. The van der Waals surface area contributed by atoms with Crippen LogP contribution in [0.15, 0.2) is 24.3 Å². The third-order valence-corrected chi connectivity index (χ3v) is 4.31. The van der Waals surface area contributed by atoms with Crippen LogP contribution in [0.25, 0.3) is 0 Å². The Labute approximate surface area is 154 Å². The van der Waals surface area contributed by atoms with E-state index in [0.717, 1.165) is 17.9 Å². The van der Waals surface area contributed by atoms with Crippen LogP contribution < -0.4 is 10.1 Å². The third-order valence-electron chi connectivity index (χ3n) is 4.31. The van der Waals surface area contributed by atoms with Crippen molar-refractivity contribution in [2.75, 3.05) is 6.61 Å². The zero-order valence-electron chi connectivity index (χ0n) is 15.8. The van der Waals surface area contributed by atoms with Crippen LogP contribution in [-0.4, -0.2) is 35.4 Å². The highest BCUT2D eigenvalue weighted by Gasteiger charge is 2.24. The van der Waals surface area contributed by atoms with Gasteiger partial charge in [-0.3, -0.25) is 0 Å². The minimum atomic E-state index is -1.10. The number of rotatable bonds is 7. The fourth-order valence-corrected chi connectivity index (χ4v) is 3.00. The van der Waals surface area contributed by atoms with Gasteiger partial charge in [0.05, 0.1) is 6.61 Å². The van der Waals surface area contributed by atoms with Crippen molar-refractivity contribution in [3.63, 3.8) is 0 Å². The van der Waals surface area contributed by atoms with Gasteiger partial charge in [-0.15, -0.1) is 0 Å². The topological polar surface area (TPSA) is 84.9 Å². The fraction of sp³-hybridized carbons (Fsp3) is 0.600. The van der Waals surface area contributed by atoms with Crippen molar-refractivity contribution in [1.29, 1.82) is 0 Å². The molecule has 1 aromatic carbocycles. The van der Waals surface area contributed by atoms with E-state index in [0.29, 0.717) is 5.92 Å². The maximum atomic E-state index is 11.8. The van der Waals surface area contributed by atoms with Crippen molar-refractivity contribution in [3.8, 4) is 5.75 Å². The number of ether oxygens (including phenoxy) is 2. The van der Waals surface area contributed by atoms with E-state index < -0.39 is 23.7 Å². The Morgan fingerprint density at radius 1 is 1.19 bits per heavy atom. The van der Waals surface area contributed by atoms with E-state index in [2.05, 4.69) is 5.32 Å². The van der Waals surface area contributed by atoms with Gasteiger partial charge in [0.2, 0.25) is 0 Å². The second-order valence-electron chi connectivity index (χ2n) is 7.85. The SMILES string of the molecule is CC(C)(C)OC(=O)NC(Cc1ccc(OCC2CCCC2)cc1)C(=O)O. The normalized spacial score (nSPS) is 16.1. The summed E-state index contributed by atoms with van der Waals surface area (Å²) in [6.45, 7) is 5.92. The lowest BCUT2D eigenvalue weighted by atomic mass is 10.1. The minimum absolute atomic E-state index is 0.178. The lowest BCUT2D eigenvalue weighted by Gasteiger charge is -2.22. The summed E-state index contributed by atoms with van der Waals surface area (Å²) in [7, 11) is 0. The molecule has 2 N–H and O–H groups in total. The second-order valence-corrected chi connectivity index (χ2v) is 7.85. The van der Waals surface area contributed by atoms with E-state index >= 15 is 0 Å². The molecule has 6 nitrogen and oxygen atoms in total. The van der Waals surface area contributed by atoms with Crippen LogP contribution in [0, 0.1) is 5.92 Å². The summed E-state index contributed by atoms with van der Waals surface area (Å²) in [4.78, 5) is 23.2.